The zero-order valence-corrected chi connectivity index (χ0v) is 8.97. The molecule has 3 N–H and O–H groups in total. The molecule has 1 fully saturated rings. The van der Waals surface area contributed by atoms with Crippen LogP contribution in [0.2, 0.25) is 0 Å². The van der Waals surface area contributed by atoms with Crippen LogP contribution in [-0.4, -0.2) is 47.3 Å². The van der Waals surface area contributed by atoms with E-state index in [1.54, 1.807) is 0 Å². The van der Waals surface area contributed by atoms with Crippen molar-refractivity contribution in [1.29, 1.82) is 0 Å². The third kappa shape index (κ3) is 2.59. The molecule has 1 aliphatic heterocycles. The molecule has 0 aliphatic carbocycles. The largest absolute Gasteiger partial charge is 0.409 e. The summed E-state index contributed by atoms with van der Waals surface area (Å²) in [6.45, 7) is 7.63. The number of ether oxygens (including phenoxy) is 1. The second kappa shape index (κ2) is 4.61. The fraction of sp³-hybridized carbons (Fsp3) is 0.889. The summed E-state index contributed by atoms with van der Waals surface area (Å²) in [7, 11) is 0. The Hall–Kier alpha value is -0.810. The Morgan fingerprint density at radius 3 is 2.43 bits per heavy atom. The molecular weight excluding hydrogens is 182 g/mol. The number of nitrogens with zero attached hydrogens (tertiary/aromatic N) is 2. The van der Waals surface area contributed by atoms with Crippen molar-refractivity contribution in [3.05, 3.63) is 0 Å². The first-order valence-electron chi connectivity index (χ1n) is 4.91. The van der Waals surface area contributed by atoms with Gasteiger partial charge in [-0.25, -0.2) is 0 Å². The molecule has 5 nitrogen and oxygen atoms in total. The van der Waals surface area contributed by atoms with Crippen LogP contribution in [0, 0.1) is 0 Å². The molecule has 1 saturated heterocycles. The molecule has 3 atom stereocenters. The lowest BCUT2D eigenvalue weighted by molar-refractivity contribution is -0.0720. The van der Waals surface area contributed by atoms with Gasteiger partial charge in [-0.1, -0.05) is 5.16 Å². The zero-order chi connectivity index (χ0) is 10.7. The van der Waals surface area contributed by atoms with E-state index in [1.807, 2.05) is 20.8 Å². The van der Waals surface area contributed by atoms with Gasteiger partial charge < -0.3 is 15.7 Å². The molecule has 0 aromatic rings. The Balaban J connectivity index is 2.59. The maximum absolute atomic E-state index is 8.57. The molecule has 82 valence electrons. The molecule has 0 aromatic heterocycles. The summed E-state index contributed by atoms with van der Waals surface area (Å²) >= 11 is 0. The molecule has 14 heavy (non-hydrogen) atoms. The first kappa shape index (κ1) is 11.3. The Morgan fingerprint density at radius 2 is 2.00 bits per heavy atom. The lowest BCUT2D eigenvalue weighted by Crippen LogP contribution is -2.53. The highest BCUT2D eigenvalue weighted by atomic mass is 16.5. The Morgan fingerprint density at radius 1 is 1.50 bits per heavy atom. The third-order valence-corrected chi connectivity index (χ3v) is 2.54. The zero-order valence-electron chi connectivity index (χ0n) is 8.97. The van der Waals surface area contributed by atoms with E-state index in [0.717, 1.165) is 13.1 Å². The molecule has 3 unspecified atom stereocenters. The minimum atomic E-state index is -0.0335. The molecule has 1 heterocycles. The third-order valence-electron chi connectivity index (χ3n) is 2.54. The van der Waals surface area contributed by atoms with Crippen LogP contribution in [0.25, 0.3) is 0 Å². The maximum atomic E-state index is 8.57. The molecule has 0 bridgehead atoms. The van der Waals surface area contributed by atoms with Crippen LogP contribution >= 0.6 is 0 Å². The molecule has 0 saturated carbocycles. The van der Waals surface area contributed by atoms with Crippen molar-refractivity contribution in [3.8, 4) is 0 Å². The van der Waals surface area contributed by atoms with E-state index in [1.165, 1.54) is 0 Å². The number of oxime groups is 1. The fourth-order valence-corrected chi connectivity index (χ4v) is 1.80. The topological polar surface area (TPSA) is 71.1 Å². The van der Waals surface area contributed by atoms with E-state index in [4.69, 9.17) is 15.7 Å². The van der Waals surface area contributed by atoms with Crippen LogP contribution in [0.5, 0.6) is 0 Å². The SMILES string of the molecule is CC1CN(C(C)C(N)=NO)CC(C)O1. The molecule has 0 aromatic carbocycles. The van der Waals surface area contributed by atoms with Crippen molar-refractivity contribution < 1.29 is 9.94 Å². The van der Waals surface area contributed by atoms with Gasteiger partial charge in [-0.05, 0) is 20.8 Å². The minimum Gasteiger partial charge on any atom is -0.409 e. The Labute approximate surface area is 84.5 Å². The predicted octanol–water partition coefficient (Wildman–Crippen LogP) is 0.230. The van der Waals surface area contributed by atoms with Gasteiger partial charge >= 0.3 is 0 Å². The summed E-state index contributed by atoms with van der Waals surface area (Å²) in [5, 5.41) is 11.6. The van der Waals surface area contributed by atoms with Crippen molar-refractivity contribution in [2.24, 2.45) is 10.9 Å². The summed E-state index contributed by atoms with van der Waals surface area (Å²) < 4.78 is 5.60. The van der Waals surface area contributed by atoms with Gasteiger partial charge in [0.15, 0.2) is 5.84 Å². The summed E-state index contributed by atoms with van der Waals surface area (Å²) in [4.78, 5) is 2.16. The van der Waals surface area contributed by atoms with Crippen molar-refractivity contribution in [2.45, 2.75) is 39.0 Å². The highest BCUT2D eigenvalue weighted by Crippen LogP contribution is 2.13. The average molecular weight is 201 g/mol. The van der Waals surface area contributed by atoms with Crippen LogP contribution in [0.3, 0.4) is 0 Å². The van der Waals surface area contributed by atoms with Crippen LogP contribution in [0.1, 0.15) is 20.8 Å². The number of hydrogen-bond donors (Lipinski definition) is 2. The first-order valence-corrected chi connectivity index (χ1v) is 4.91. The molecular formula is C9H19N3O2. The van der Waals surface area contributed by atoms with E-state index in [9.17, 15) is 0 Å². The molecule has 1 aliphatic rings. The molecule has 0 spiro atoms. The van der Waals surface area contributed by atoms with E-state index >= 15 is 0 Å². The second-order valence-electron chi connectivity index (χ2n) is 3.91. The van der Waals surface area contributed by atoms with Crippen LogP contribution in [0.15, 0.2) is 5.16 Å². The molecule has 5 heteroatoms. The molecule has 0 amide bonds. The fourth-order valence-electron chi connectivity index (χ4n) is 1.80. The van der Waals surface area contributed by atoms with Crippen molar-refractivity contribution in [2.75, 3.05) is 13.1 Å². The van der Waals surface area contributed by atoms with Gasteiger partial charge in [0.25, 0.3) is 0 Å². The van der Waals surface area contributed by atoms with Gasteiger partial charge in [0.05, 0.1) is 18.2 Å². The normalized spacial score (nSPS) is 32.9. The van der Waals surface area contributed by atoms with E-state index in [-0.39, 0.29) is 24.1 Å². The van der Waals surface area contributed by atoms with Gasteiger partial charge in [-0.15, -0.1) is 0 Å². The highest BCUT2D eigenvalue weighted by Gasteiger charge is 2.27. The summed E-state index contributed by atoms with van der Waals surface area (Å²) in [5.41, 5.74) is 5.56. The van der Waals surface area contributed by atoms with Crippen LogP contribution in [-0.2, 0) is 4.74 Å². The van der Waals surface area contributed by atoms with Crippen molar-refractivity contribution in [3.63, 3.8) is 0 Å². The second-order valence-corrected chi connectivity index (χ2v) is 3.91. The van der Waals surface area contributed by atoms with E-state index < -0.39 is 0 Å². The summed E-state index contributed by atoms with van der Waals surface area (Å²) in [6.07, 6.45) is 0.403. The van der Waals surface area contributed by atoms with Crippen molar-refractivity contribution in [1.82, 2.24) is 4.90 Å². The lowest BCUT2D eigenvalue weighted by Gasteiger charge is -2.38. The highest BCUT2D eigenvalue weighted by molar-refractivity contribution is 5.84. The van der Waals surface area contributed by atoms with Gasteiger partial charge in [0.2, 0.25) is 0 Å². The van der Waals surface area contributed by atoms with Crippen LogP contribution < -0.4 is 5.73 Å². The first-order chi connectivity index (χ1) is 6.54. The molecule has 0 radical (unpaired) electrons. The Kier molecular flexibility index (Phi) is 3.71. The number of hydrogen-bond acceptors (Lipinski definition) is 4. The summed E-state index contributed by atoms with van der Waals surface area (Å²) in [5.74, 6) is 0.256. The number of rotatable bonds is 2. The summed E-state index contributed by atoms with van der Waals surface area (Å²) in [6, 6.07) is -0.0335. The van der Waals surface area contributed by atoms with Gasteiger partial charge in [-0.2, -0.15) is 0 Å². The Bertz CT molecular complexity index is 210. The minimum absolute atomic E-state index is 0.0335. The standard InChI is InChI=1S/C9H19N3O2/c1-6-4-12(5-7(2)14-6)8(3)9(10)11-13/h6-8,13H,4-5H2,1-3H3,(H2,10,11). The smallest absolute Gasteiger partial charge is 0.156 e. The van der Waals surface area contributed by atoms with Gasteiger partial charge in [-0.3, -0.25) is 4.90 Å². The number of nitrogens with two attached hydrogens (primary N) is 1. The lowest BCUT2D eigenvalue weighted by atomic mass is 10.1. The van der Waals surface area contributed by atoms with E-state index in [2.05, 4.69) is 10.1 Å². The maximum Gasteiger partial charge on any atom is 0.156 e. The predicted molar refractivity (Wildman–Crippen MR) is 54.5 cm³/mol. The number of amidine groups is 1. The monoisotopic (exact) mass is 201 g/mol. The van der Waals surface area contributed by atoms with Crippen LogP contribution in [0.4, 0.5) is 0 Å². The molecule has 1 rings (SSSR count). The quantitative estimate of drug-likeness (QED) is 0.290. The number of morpholine rings is 1. The van der Waals surface area contributed by atoms with Gasteiger partial charge in [0.1, 0.15) is 0 Å². The van der Waals surface area contributed by atoms with E-state index in [0.29, 0.717) is 0 Å². The average Bonchev–Trinajstić information content (AvgIpc) is 2.14. The van der Waals surface area contributed by atoms with Crippen molar-refractivity contribution >= 4 is 5.84 Å². The van der Waals surface area contributed by atoms with Gasteiger partial charge in [0, 0.05) is 13.1 Å².